The fraction of sp³-hybridized carbons (Fsp3) is 0.622. The third-order valence-electron chi connectivity index (χ3n) is 15.0. The van der Waals surface area contributed by atoms with Crippen molar-refractivity contribution < 1.29 is 42.9 Å². The van der Waals surface area contributed by atoms with Crippen molar-refractivity contribution in [1.82, 2.24) is 0 Å². The van der Waals surface area contributed by atoms with E-state index in [4.69, 9.17) is 18.9 Å². The van der Waals surface area contributed by atoms with Gasteiger partial charge in [0, 0.05) is 12.8 Å². The molecule has 514 valence electrons. The largest absolute Gasteiger partial charge is 0.477 e. The van der Waals surface area contributed by atoms with E-state index in [2.05, 4.69) is 184 Å². The Morgan fingerprint density at radius 2 is 0.593 bits per heavy atom. The van der Waals surface area contributed by atoms with E-state index in [1.54, 1.807) is 0 Å². The van der Waals surface area contributed by atoms with Crippen LogP contribution in [0, 0.1) is 0 Å². The van der Waals surface area contributed by atoms with Gasteiger partial charge in [0.25, 0.3) is 6.29 Å². The molecule has 91 heavy (non-hydrogen) atoms. The lowest BCUT2D eigenvalue weighted by Gasteiger charge is -2.25. The van der Waals surface area contributed by atoms with Crippen LogP contribution in [0.15, 0.2) is 170 Å². The van der Waals surface area contributed by atoms with Gasteiger partial charge in [0.1, 0.15) is 13.2 Å². The van der Waals surface area contributed by atoms with Crippen LogP contribution in [0.1, 0.15) is 271 Å². The van der Waals surface area contributed by atoms with Crippen LogP contribution in [-0.4, -0.2) is 87.4 Å². The Balaban J connectivity index is 4.19. The molecule has 0 spiro atoms. The standard InChI is InChI=1S/C82H133NO8/c1-6-8-10-12-14-16-18-20-22-24-26-28-30-32-34-36-37-38-39-40-41-42-43-45-47-49-51-53-55-57-59-61-63-65-67-69-71-73-80(85)91-78(77-90-82(81(86)87)88-75-74-83(3,4)5)76-89-79(84)72-70-68-66-64-62-60-58-56-54-52-50-48-46-44-35-33-31-29-27-25-23-21-19-17-15-13-11-9-7-2/h8-11,14-17,20-23,26-29,32,34,37-38,40-41,43,45,49,51,55,57,78,82H,6-7,12-13,18-19,24-25,30-31,33,35-36,39,42,44,46-48,50,52-54,56,58-77H2,1-5H3/p+1/b10-8-,11-9-,16-14-,17-15-,22-20-,23-21-,28-26-,29-27-,34-32-,38-37-,41-40-,45-43-,51-49-,57-55-. The van der Waals surface area contributed by atoms with Crippen molar-refractivity contribution in [3.8, 4) is 0 Å². The number of hydrogen-bond acceptors (Lipinski definition) is 7. The zero-order chi connectivity index (χ0) is 66.1. The number of hydrogen-bond donors (Lipinski definition) is 1. The predicted octanol–water partition coefficient (Wildman–Crippen LogP) is 23.0. The maximum Gasteiger partial charge on any atom is 0.361 e. The maximum absolute atomic E-state index is 13.0. The molecule has 2 atom stereocenters. The smallest absolute Gasteiger partial charge is 0.361 e. The minimum atomic E-state index is -1.53. The second kappa shape index (κ2) is 70.5. The van der Waals surface area contributed by atoms with E-state index in [0.29, 0.717) is 23.9 Å². The fourth-order valence-corrected chi connectivity index (χ4v) is 9.50. The summed E-state index contributed by atoms with van der Waals surface area (Å²) in [4.78, 5) is 37.7. The summed E-state index contributed by atoms with van der Waals surface area (Å²) in [5.74, 6) is -2.03. The summed E-state index contributed by atoms with van der Waals surface area (Å²) in [7, 11) is 5.96. The Bertz CT molecular complexity index is 2100. The number of carbonyl (C=O) groups excluding carboxylic acids is 2. The third-order valence-corrected chi connectivity index (χ3v) is 15.0. The van der Waals surface area contributed by atoms with Gasteiger partial charge in [0.05, 0.1) is 34.4 Å². The molecule has 2 unspecified atom stereocenters. The van der Waals surface area contributed by atoms with Crippen molar-refractivity contribution >= 4 is 17.9 Å². The van der Waals surface area contributed by atoms with E-state index in [0.717, 1.165) is 148 Å². The van der Waals surface area contributed by atoms with E-state index < -0.39 is 24.3 Å². The van der Waals surface area contributed by atoms with Crippen molar-refractivity contribution in [2.75, 3.05) is 47.5 Å². The van der Waals surface area contributed by atoms with Gasteiger partial charge in [-0.3, -0.25) is 9.59 Å². The second-order valence-corrected chi connectivity index (χ2v) is 24.8. The van der Waals surface area contributed by atoms with Crippen LogP contribution in [0.4, 0.5) is 0 Å². The number of ether oxygens (including phenoxy) is 4. The molecule has 0 saturated heterocycles. The number of likely N-dealkylation sites (N-methyl/N-ethyl adjacent to an activating group) is 1. The van der Waals surface area contributed by atoms with Crippen molar-refractivity contribution in [2.45, 2.75) is 283 Å². The lowest BCUT2D eigenvalue weighted by Crippen LogP contribution is -2.40. The molecule has 0 radical (unpaired) electrons. The summed E-state index contributed by atoms with van der Waals surface area (Å²) in [6.45, 7) is 4.63. The number of nitrogens with zero attached hydrogens (tertiary/aromatic N) is 1. The van der Waals surface area contributed by atoms with Gasteiger partial charge in [-0.05, 0) is 128 Å². The van der Waals surface area contributed by atoms with Gasteiger partial charge in [-0.2, -0.15) is 0 Å². The van der Waals surface area contributed by atoms with E-state index in [1.807, 2.05) is 21.1 Å². The highest BCUT2D eigenvalue weighted by Crippen LogP contribution is 2.16. The number of allylic oxidation sites excluding steroid dienone is 28. The number of rotatable bonds is 65. The first-order valence-corrected chi connectivity index (χ1v) is 36.3. The van der Waals surface area contributed by atoms with Crippen LogP contribution in [0.2, 0.25) is 0 Å². The van der Waals surface area contributed by atoms with Crippen molar-refractivity contribution in [1.29, 1.82) is 0 Å². The SMILES string of the molecule is CC/C=C\C/C=C\C/C=C\C/C=C\C/C=C\C/C=C\C/C=C\C/C=C\C/C=C\C/C=C\CCCCCCCCC(=O)OC(COC(=O)CCCCCCCCCCCCCCCCCC/C=C\C/C=C\C/C=C\C/C=C\CC)COC(OCC[N+](C)(C)C)C(=O)O. The molecule has 0 bridgehead atoms. The Kier molecular flexibility index (Phi) is 66.4. The van der Waals surface area contributed by atoms with Gasteiger partial charge in [-0.25, -0.2) is 4.79 Å². The van der Waals surface area contributed by atoms with Crippen LogP contribution in [0.5, 0.6) is 0 Å². The third kappa shape index (κ3) is 71.9. The summed E-state index contributed by atoms with van der Waals surface area (Å²) in [5.41, 5.74) is 0. The molecule has 0 saturated carbocycles. The Morgan fingerprint density at radius 3 is 0.879 bits per heavy atom. The fourth-order valence-electron chi connectivity index (χ4n) is 9.50. The number of carboxylic acid groups (broad SMARTS) is 1. The lowest BCUT2D eigenvalue weighted by molar-refractivity contribution is -0.870. The monoisotopic (exact) mass is 1260 g/mol. The van der Waals surface area contributed by atoms with Gasteiger partial charge in [0.2, 0.25) is 0 Å². The number of carboxylic acids is 1. The number of esters is 2. The average Bonchev–Trinajstić information content (AvgIpc) is 3.50. The second-order valence-electron chi connectivity index (χ2n) is 24.8. The van der Waals surface area contributed by atoms with Crippen molar-refractivity contribution in [2.24, 2.45) is 0 Å². The van der Waals surface area contributed by atoms with E-state index in [-0.39, 0.29) is 32.2 Å². The number of carbonyl (C=O) groups is 3. The lowest BCUT2D eigenvalue weighted by atomic mass is 10.0. The van der Waals surface area contributed by atoms with Crippen LogP contribution in [0.25, 0.3) is 0 Å². The van der Waals surface area contributed by atoms with E-state index in [1.165, 1.54) is 89.9 Å². The first kappa shape index (κ1) is 85.7. The minimum Gasteiger partial charge on any atom is -0.477 e. The average molecular weight is 1260 g/mol. The molecular formula is C82H134NO8+. The number of aliphatic carboxylic acids is 1. The molecule has 9 nitrogen and oxygen atoms in total. The predicted molar refractivity (Wildman–Crippen MR) is 391 cm³/mol. The highest BCUT2D eigenvalue weighted by atomic mass is 16.7. The molecule has 0 aromatic rings. The minimum absolute atomic E-state index is 0.176. The molecule has 0 heterocycles. The molecule has 0 aliphatic carbocycles. The summed E-state index contributed by atoms with van der Waals surface area (Å²) in [6.07, 6.45) is 103. The first-order chi connectivity index (χ1) is 44.6. The zero-order valence-corrected chi connectivity index (χ0v) is 58.7. The maximum atomic E-state index is 13.0. The highest BCUT2D eigenvalue weighted by Gasteiger charge is 2.25. The van der Waals surface area contributed by atoms with Gasteiger partial charge >= 0.3 is 17.9 Å². The highest BCUT2D eigenvalue weighted by molar-refractivity contribution is 5.71. The molecule has 0 fully saturated rings. The van der Waals surface area contributed by atoms with Crippen molar-refractivity contribution in [3.05, 3.63) is 170 Å². The molecule has 0 aromatic carbocycles. The Hall–Kier alpha value is -5.35. The van der Waals surface area contributed by atoms with Gasteiger partial charge in [-0.15, -0.1) is 0 Å². The molecule has 0 aromatic heterocycles. The first-order valence-electron chi connectivity index (χ1n) is 36.3. The summed E-state index contributed by atoms with van der Waals surface area (Å²) in [6, 6.07) is 0. The summed E-state index contributed by atoms with van der Waals surface area (Å²) < 4.78 is 23.0. The summed E-state index contributed by atoms with van der Waals surface area (Å²) in [5, 5.41) is 9.76. The van der Waals surface area contributed by atoms with Crippen LogP contribution in [0.3, 0.4) is 0 Å². The van der Waals surface area contributed by atoms with Crippen LogP contribution in [-0.2, 0) is 33.3 Å². The molecule has 0 rings (SSSR count). The zero-order valence-electron chi connectivity index (χ0n) is 58.7. The molecule has 9 heteroatoms. The van der Waals surface area contributed by atoms with Gasteiger partial charge < -0.3 is 28.5 Å². The van der Waals surface area contributed by atoms with Crippen LogP contribution >= 0.6 is 0 Å². The normalized spacial score (nSPS) is 13.7. The van der Waals surface area contributed by atoms with Crippen LogP contribution < -0.4 is 0 Å². The molecular weight excluding hydrogens is 1130 g/mol. The van der Waals surface area contributed by atoms with E-state index >= 15 is 0 Å². The molecule has 0 amide bonds. The molecule has 0 aliphatic heterocycles. The molecule has 1 N–H and O–H groups in total. The van der Waals surface area contributed by atoms with E-state index in [9.17, 15) is 19.5 Å². The summed E-state index contributed by atoms with van der Waals surface area (Å²) >= 11 is 0. The Labute approximate surface area is 558 Å². The van der Waals surface area contributed by atoms with Gasteiger partial charge in [0.15, 0.2) is 6.10 Å². The van der Waals surface area contributed by atoms with Gasteiger partial charge in [-0.1, -0.05) is 300 Å². The number of unbranched alkanes of at least 4 members (excludes halogenated alkanes) is 22. The quantitative estimate of drug-likeness (QED) is 0.0211. The topological polar surface area (TPSA) is 108 Å². The number of quaternary nitrogens is 1. The van der Waals surface area contributed by atoms with Crippen molar-refractivity contribution in [3.63, 3.8) is 0 Å². The Morgan fingerprint density at radius 1 is 0.330 bits per heavy atom. The molecule has 0 aliphatic rings.